The molecule has 1 aliphatic heterocycles. The van der Waals surface area contributed by atoms with E-state index in [1.807, 2.05) is 12.1 Å². The molecular formula is C15H17ClO4. The van der Waals surface area contributed by atoms with Gasteiger partial charge in [0.05, 0.1) is 0 Å². The number of carboxylic acid groups (broad SMARTS) is 1. The van der Waals surface area contributed by atoms with Crippen LogP contribution in [0.1, 0.15) is 43.8 Å². The Hall–Kier alpha value is -1.10. The Labute approximate surface area is 122 Å². The first-order valence-corrected chi connectivity index (χ1v) is 7.32. The minimum Gasteiger partial charge on any atom is -0.479 e. The van der Waals surface area contributed by atoms with E-state index in [4.69, 9.17) is 21.1 Å². The molecule has 108 valence electrons. The van der Waals surface area contributed by atoms with E-state index in [0.29, 0.717) is 10.6 Å². The number of carbonyl (C=O) groups is 1. The third-order valence-electron chi connectivity index (χ3n) is 4.03. The molecule has 5 heteroatoms. The quantitative estimate of drug-likeness (QED) is 0.907. The van der Waals surface area contributed by atoms with E-state index in [0.717, 1.165) is 32.1 Å². The fourth-order valence-corrected chi connectivity index (χ4v) is 3.30. The van der Waals surface area contributed by atoms with Gasteiger partial charge in [0.15, 0.2) is 11.9 Å². The van der Waals surface area contributed by atoms with Crippen molar-refractivity contribution in [1.82, 2.24) is 0 Å². The number of rotatable bonds is 2. The van der Waals surface area contributed by atoms with Crippen LogP contribution in [0.5, 0.6) is 0 Å². The minimum absolute atomic E-state index is 0.514. The van der Waals surface area contributed by atoms with Gasteiger partial charge < -0.3 is 14.6 Å². The van der Waals surface area contributed by atoms with Crippen molar-refractivity contribution in [3.8, 4) is 0 Å². The number of hydrogen-bond donors (Lipinski definition) is 1. The summed E-state index contributed by atoms with van der Waals surface area (Å²) < 4.78 is 11.8. The highest BCUT2D eigenvalue weighted by Crippen LogP contribution is 2.47. The van der Waals surface area contributed by atoms with E-state index in [-0.39, 0.29) is 0 Å². The lowest BCUT2D eigenvalue weighted by Gasteiger charge is -2.31. The van der Waals surface area contributed by atoms with Gasteiger partial charge in [-0.1, -0.05) is 36.2 Å². The molecule has 2 unspecified atom stereocenters. The van der Waals surface area contributed by atoms with Crippen LogP contribution in [0.3, 0.4) is 0 Å². The third kappa shape index (κ3) is 2.43. The molecule has 1 saturated heterocycles. The van der Waals surface area contributed by atoms with Crippen LogP contribution < -0.4 is 0 Å². The zero-order valence-electron chi connectivity index (χ0n) is 11.0. The molecule has 1 N–H and O–H groups in total. The van der Waals surface area contributed by atoms with Crippen LogP contribution in [0.25, 0.3) is 0 Å². The molecule has 2 fully saturated rings. The highest BCUT2D eigenvalue weighted by atomic mass is 35.5. The minimum atomic E-state index is -1.00. The fraction of sp³-hybridized carbons (Fsp3) is 0.533. The number of aliphatic carboxylic acids is 1. The molecule has 3 rings (SSSR count). The first-order chi connectivity index (χ1) is 9.61. The van der Waals surface area contributed by atoms with Crippen LogP contribution in [-0.4, -0.2) is 23.0 Å². The maximum absolute atomic E-state index is 11.5. The van der Waals surface area contributed by atoms with Crippen LogP contribution in [0.15, 0.2) is 24.3 Å². The molecular weight excluding hydrogens is 280 g/mol. The average molecular weight is 297 g/mol. The predicted octanol–water partition coefficient (Wildman–Crippen LogP) is 3.54. The summed E-state index contributed by atoms with van der Waals surface area (Å²) in [5.74, 6) is -1.75. The first-order valence-electron chi connectivity index (χ1n) is 6.94. The van der Waals surface area contributed by atoms with Gasteiger partial charge in [0.25, 0.3) is 0 Å². The lowest BCUT2D eigenvalue weighted by atomic mass is 9.94. The number of halogens is 1. The first kappa shape index (κ1) is 13.9. The smallest absolute Gasteiger partial charge is 0.336 e. The van der Waals surface area contributed by atoms with Crippen LogP contribution in [0.4, 0.5) is 0 Å². The molecule has 1 aromatic rings. The maximum atomic E-state index is 11.5. The van der Waals surface area contributed by atoms with Crippen molar-refractivity contribution in [1.29, 1.82) is 0 Å². The maximum Gasteiger partial charge on any atom is 0.336 e. The van der Waals surface area contributed by atoms with E-state index in [1.165, 1.54) is 0 Å². The molecule has 0 radical (unpaired) electrons. The monoisotopic (exact) mass is 296 g/mol. The van der Waals surface area contributed by atoms with Gasteiger partial charge in [-0.05, 0) is 18.9 Å². The largest absolute Gasteiger partial charge is 0.479 e. The molecule has 1 saturated carbocycles. The summed E-state index contributed by atoms with van der Waals surface area (Å²) >= 11 is 6.17. The molecule has 2 aliphatic rings. The van der Waals surface area contributed by atoms with Gasteiger partial charge in [-0.2, -0.15) is 0 Å². The van der Waals surface area contributed by atoms with E-state index >= 15 is 0 Å². The SMILES string of the molecule is O=C(O)C1OC2(CCCCC2)OC1c1ccccc1Cl. The lowest BCUT2D eigenvalue weighted by Crippen LogP contribution is -2.34. The molecule has 1 aromatic carbocycles. The third-order valence-corrected chi connectivity index (χ3v) is 4.37. The summed E-state index contributed by atoms with van der Waals surface area (Å²) in [6.07, 6.45) is 3.01. The van der Waals surface area contributed by atoms with Crippen molar-refractivity contribution in [2.75, 3.05) is 0 Å². The summed E-state index contributed by atoms with van der Waals surface area (Å²) in [5.41, 5.74) is 0.684. The summed E-state index contributed by atoms with van der Waals surface area (Å²) in [6.45, 7) is 0. The van der Waals surface area contributed by atoms with E-state index in [2.05, 4.69) is 0 Å². The van der Waals surface area contributed by atoms with E-state index < -0.39 is 24.0 Å². The predicted molar refractivity (Wildman–Crippen MR) is 73.6 cm³/mol. The van der Waals surface area contributed by atoms with Gasteiger partial charge in [0.1, 0.15) is 6.10 Å². The van der Waals surface area contributed by atoms with Gasteiger partial charge in [0, 0.05) is 23.4 Å². The van der Waals surface area contributed by atoms with Crippen LogP contribution >= 0.6 is 11.6 Å². The summed E-state index contributed by atoms with van der Waals surface area (Å²) in [5, 5.41) is 9.92. The van der Waals surface area contributed by atoms with Gasteiger partial charge in [-0.15, -0.1) is 0 Å². The van der Waals surface area contributed by atoms with Gasteiger partial charge in [-0.3, -0.25) is 0 Å². The Morgan fingerprint density at radius 2 is 1.90 bits per heavy atom. The molecule has 1 heterocycles. The van der Waals surface area contributed by atoms with Crippen LogP contribution in [-0.2, 0) is 14.3 Å². The second kappa shape index (κ2) is 5.35. The number of benzene rings is 1. The van der Waals surface area contributed by atoms with Crippen LogP contribution in [0.2, 0.25) is 5.02 Å². The molecule has 4 nitrogen and oxygen atoms in total. The van der Waals surface area contributed by atoms with Crippen molar-refractivity contribution in [3.05, 3.63) is 34.9 Å². The Morgan fingerprint density at radius 3 is 2.55 bits per heavy atom. The van der Waals surface area contributed by atoms with Crippen molar-refractivity contribution < 1.29 is 19.4 Å². The zero-order chi connectivity index (χ0) is 14.2. The van der Waals surface area contributed by atoms with Gasteiger partial charge in [0.2, 0.25) is 0 Å². The summed E-state index contributed by atoms with van der Waals surface area (Å²) in [7, 11) is 0. The topological polar surface area (TPSA) is 55.8 Å². The Balaban J connectivity index is 1.92. The Bertz CT molecular complexity index is 510. The van der Waals surface area contributed by atoms with Crippen LogP contribution in [0, 0.1) is 0 Å². The Morgan fingerprint density at radius 1 is 1.20 bits per heavy atom. The van der Waals surface area contributed by atoms with E-state index in [1.54, 1.807) is 12.1 Å². The number of ether oxygens (including phenoxy) is 2. The van der Waals surface area contributed by atoms with Crippen molar-refractivity contribution in [3.63, 3.8) is 0 Å². The lowest BCUT2D eigenvalue weighted by molar-refractivity contribution is -0.198. The molecule has 20 heavy (non-hydrogen) atoms. The second-order valence-electron chi connectivity index (χ2n) is 5.41. The highest BCUT2D eigenvalue weighted by molar-refractivity contribution is 6.31. The molecule has 2 atom stereocenters. The molecule has 1 aliphatic carbocycles. The van der Waals surface area contributed by atoms with E-state index in [9.17, 15) is 9.90 Å². The summed E-state index contributed by atoms with van der Waals surface area (Å²) in [4.78, 5) is 11.5. The van der Waals surface area contributed by atoms with Gasteiger partial charge >= 0.3 is 5.97 Å². The average Bonchev–Trinajstić information content (AvgIpc) is 2.79. The van der Waals surface area contributed by atoms with Gasteiger partial charge in [-0.25, -0.2) is 4.79 Å². The summed E-state index contributed by atoms with van der Waals surface area (Å²) in [6, 6.07) is 7.18. The second-order valence-corrected chi connectivity index (χ2v) is 5.82. The molecule has 0 bridgehead atoms. The standard InChI is InChI=1S/C15H17ClO4/c16-11-7-3-2-6-10(11)12-13(14(17)18)20-15(19-12)8-4-1-5-9-15/h2-3,6-7,12-13H,1,4-5,8-9H2,(H,17,18). The van der Waals surface area contributed by atoms with Crippen molar-refractivity contribution >= 4 is 17.6 Å². The number of hydrogen-bond acceptors (Lipinski definition) is 3. The van der Waals surface area contributed by atoms with Crippen molar-refractivity contribution in [2.45, 2.75) is 50.1 Å². The molecule has 1 spiro atoms. The zero-order valence-corrected chi connectivity index (χ0v) is 11.8. The fourth-order valence-electron chi connectivity index (χ4n) is 3.05. The normalized spacial score (nSPS) is 28.6. The molecule has 0 aromatic heterocycles. The number of carboxylic acids is 1. The van der Waals surface area contributed by atoms with Crippen molar-refractivity contribution in [2.24, 2.45) is 0 Å². The highest BCUT2D eigenvalue weighted by Gasteiger charge is 2.51. The molecule has 0 amide bonds. The Kier molecular flexibility index (Phi) is 3.71.